The summed E-state index contributed by atoms with van der Waals surface area (Å²) in [7, 11) is 0. The predicted molar refractivity (Wildman–Crippen MR) is 93.5 cm³/mol. The molecule has 1 aliphatic rings. The van der Waals surface area contributed by atoms with Crippen molar-refractivity contribution in [1.82, 2.24) is 9.88 Å². The molecule has 134 valence electrons. The second kappa shape index (κ2) is 10.1. The third-order valence-corrected chi connectivity index (χ3v) is 4.44. The number of nitrogens with zero attached hydrogens (tertiary/aromatic N) is 4. The molecule has 0 saturated carbocycles. The number of pyridine rings is 2. The van der Waals surface area contributed by atoms with Crippen molar-refractivity contribution < 1.29 is 26.3 Å². The van der Waals surface area contributed by atoms with Crippen molar-refractivity contribution in [2.45, 2.75) is 25.8 Å². The monoisotopic (exact) mass is 404 g/mol. The number of aromatic nitrogens is 2. The number of carbonyl (C=O) groups is 1. The molecule has 0 unspecified atom stereocenters. The maximum absolute atomic E-state index is 12.3. The molecule has 0 bridgehead atoms. The Labute approximate surface area is 160 Å². The largest absolute Gasteiger partial charge is 1.00 e. The number of piperazine rings is 1. The molecule has 1 saturated heterocycles. The molecule has 0 aliphatic carbocycles. The van der Waals surface area contributed by atoms with E-state index in [4.69, 9.17) is 0 Å². The van der Waals surface area contributed by atoms with E-state index in [9.17, 15) is 4.79 Å². The topological polar surface area (TPSA) is 40.3 Å². The van der Waals surface area contributed by atoms with Crippen molar-refractivity contribution >= 4 is 11.7 Å². The molecule has 2 aromatic heterocycles. The molecular formula is C19H25BrN4O. The van der Waals surface area contributed by atoms with Gasteiger partial charge in [-0.2, -0.15) is 0 Å². The van der Waals surface area contributed by atoms with E-state index in [0.29, 0.717) is 6.42 Å². The van der Waals surface area contributed by atoms with Crippen molar-refractivity contribution in [2.24, 2.45) is 0 Å². The molecule has 0 spiro atoms. The number of unbranched alkanes of at least 4 members (excludes halogenated alkanes) is 1. The average molecular weight is 405 g/mol. The second-order valence-corrected chi connectivity index (χ2v) is 6.13. The van der Waals surface area contributed by atoms with Crippen LogP contribution < -0.4 is 26.4 Å². The smallest absolute Gasteiger partial charge is 0.222 e. The fourth-order valence-corrected chi connectivity index (χ4v) is 3.04. The maximum Gasteiger partial charge on any atom is 0.222 e. The van der Waals surface area contributed by atoms with E-state index in [-0.39, 0.29) is 22.9 Å². The normalized spacial score (nSPS) is 14.1. The van der Waals surface area contributed by atoms with Crippen molar-refractivity contribution in [2.75, 3.05) is 31.1 Å². The van der Waals surface area contributed by atoms with Crippen LogP contribution in [-0.2, 0) is 11.3 Å². The van der Waals surface area contributed by atoms with Crippen LogP contribution in [0.4, 0.5) is 5.82 Å². The number of rotatable bonds is 6. The summed E-state index contributed by atoms with van der Waals surface area (Å²) >= 11 is 0. The van der Waals surface area contributed by atoms with Crippen LogP contribution in [-0.4, -0.2) is 42.0 Å². The Kier molecular flexibility index (Phi) is 7.85. The molecule has 3 heterocycles. The summed E-state index contributed by atoms with van der Waals surface area (Å²) < 4.78 is 2.16. The number of hydrogen-bond acceptors (Lipinski definition) is 3. The van der Waals surface area contributed by atoms with Crippen LogP contribution >= 0.6 is 0 Å². The van der Waals surface area contributed by atoms with E-state index in [1.807, 2.05) is 47.5 Å². The van der Waals surface area contributed by atoms with Crippen LogP contribution in [0.25, 0.3) is 0 Å². The van der Waals surface area contributed by atoms with E-state index in [2.05, 4.69) is 26.8 Å². The molecule has 0 atom stereocenters. The zero-order chi connectivity index (χ0) is 16.6. The van der Waals surface area contributed by atoms with Gasteiger partial charge in [0.15, 0.2) is 12.4 Å². The lowest BCUT2D eigenvalue weighted by atomic mass is 10.2. The predicted octanol–water partition coefficient (Wildman–Crippen LogP) is -1.11. The lowest BCUT2D eigenvalue weighted by Crippen LogP contribution is -3.00. The zero-order valence-corrected chi connectivity index (χ0v) is 16.0. The molecule has 0 N–H and O–H groups in total. The maximum atomic E-state index is 12.3. The highest BCUT2D eigenvalue weighted by atomic mass is 79.9. The standard InChI is InChI=1S/C19H25N4O.BrH/c24-19(9-3-7-13-21-11-5-1-6-12-21)23-16-14-22(15-17-23)18-8-2-4-10-20-18;/h1-2,4-6,8,10-12H,3,7,9,13-17H2;1H/q+1;/p-1. The summed E-state index contributed by atoms with van der Waals surface area (Å²) in [5, 5.41) is 0. The first-order chi connectivity index (χ1) is 11.8. The van der Waals surface area contributed by atoms with Gasteiger partial charge in [-0.05, 0) is 18.6 Å². The molecule has 1 amide bonds. The van der Waals surface area contributed by atoms with Crippen LogP contribution in [0.2, 0.25) is 0 Å². The van der Waals surface area contributed by atoms with Gasteiger partial charge in [0, 0.05) is 57.4 Å². The van der Waals surface area contributed by atoms with Crippen molar-refractivity contribution in [1.29, 1.82) is 0 Å². The number of anilines is 1. The molecule has 25 heavy (non-hydrogen) atoms. The van der Waals surface area contributed by atoms with Gasteiger partial charge in [0.25, 0.3) is 0 Å². The lowest BCUT2D eigenvalue weighted by Gasteiger charge is -2.35. The highest BCUT2D eigenvalue weighted by Gasteiger charge is 2.21. The van der Waals surface area contributed by atoms with Crippen LogP contribution in [0.1, 0.15) is 19.3 Å². The van der Waals surface area contributed by atoms with Gasteiger partial charge in [-0.1, -0.05) is 12.1 Å². The third-order valence-electron chi connectivity index (χ3n) is 4.44. The summed E-state index contributed by atoms with van der Waals surface area (Å²) in [6.45, 7) is 4.29. The Balaban J connectivity index is 0.00000225. The second-order valence-electron chi connectivity index (χ2n) is 6.13. The summed E-state index contributed by atoms with van der Waals surface area (Å²) in [4.78, 5) is 21.0. The first-order valence-electron chi connectivity index (χ1n) is 8.71. The van der Waals surface area contributed by atoms with E-state index in [1.54, 1.807) is 0 Å². The van der Waals surface area contributed by atoms with Crippen molar-refractivity contribution in [3.63, 3.8) is 0 Å². The average Bonchev–Trinajstić information content (AvgIpc) is 2.67. The highest BCUT2D eigenvalue weighted by Crippen LogP contribution is 2.13. The molecule has 0 aromatic carbocycles. The minimum atomic E-state index is 0. The first kappa shape index (κ1) is 19.4. The summed E-state index contributed by atoms with van der Waals surface area (Å²) in [6.07, 6.45) is 8.58. The van der Waals surface area contributed by atoms with Gasteiger partial charge < -0.3 is 26.8 Å². The van der Waals surface area contributed by atoms with Crippen LogP contribution in [0.15, 0.2) is 55.0 Å². The molecular weight excluding hydrogens is 380 g/mol. The molecule has 1 fully saturated rings. The van der Waals surface area contributed by atoms with E-state index < -0.39 is 0 Å². The summed E-state index contributed by atoms with van der Waals surface area (Å²) in [5.41, 5.74) is 0. The Morgan fingerprint density at radius 1 is 1.00 bits per heavy atom. The van der Waals surface area contributed by atoms with E-state index in [1.165, 1.54) is 0 Å². The Morgan fingerprint density at radius 3 is 2.44 bits per heavy atom. The molecule has 5 nitrogen and oxygen atoms in total. The fourth-order valence-electron chi connectivity index (χ4n) is 3.04. The van der Waals surface area contributed by atoms with E-state index >= 15 is 0 Å². The number of hydrogen-bond donors (Lipinski definition) is 0. The zero-order valence-electron chi connectivity index (χ0n) is 14.4. The Morgan fingerprint density at radius 2 is 1.76 bits per heavy atom. The van der Waals surface area contributed by atoms with Gasteiger partial charge in [-0.25, -0.2) is 9.55 Å². The fraction of sp³-hybridized carbons (Fsp3) is 0.421. The van der Waals surface area contributed by atoms with Gasteiger partial charge in [-0.15, -0.1) is 0 Å². The molecule has 0 radical (unpaired) electrons. The van der Waals surface area contributed by atoms with Crippen LogP contribution in [0, 0.1) is 0 Å². The number of carbonyl (C=O) groups excluding carboxylic acids is 1. The van der Waals surface area contributed by atoms with E-state index in [0.717, 1.165) is 51.4 Å². The first-order valence-corrected chi connectivity index (χ1v) is 8.71. The van der Waals surface area contributed by atoms with Crippen LogP contribution in [0.3, 0.4) is 0 Å². The van der Waals surface area contributed by atoms with Gasteiger partial charge in [0.1, 0.15) is 12.4 Å². The Hall–Kier alpha value is -1.95. The van der Waals surface area contributed by atoms with Crippen molar-refractivity contribution in [3.05, 3.63) is 55.0 Å². The number of amides is 1. The summed E-state index contributed by atoms with van der Waals surface area (Å²) in [5.74, 6) is 1.29. The third kappa shape index (κ3) is 5.81. The minimum absolute atomic E-state index is 0. The van der Waals surface area contributed by atoms with Crippen LogP contribution in [0.5, 0.6) is 0 Å². The van der Waals surface area contributed by atoms with Gasteiger partial charge in [0.05, 0.1) is 0 Å². The van der Waals surface area contributed by atoms with Crippen molar-refractivity contribution in [3.8, 4) is 0 Å². The highest BCUT2D eigenvalue weighted by molar-refractivity contribution is 5.76. The van der Waals surface area contributed by atoms with Gasteiger partial charge in [0.2, 0.25) is 5.91 Å². The number of halogens is 1. The van der Waals surface area contributed by atoms with Gasteiger partial charge in [-0.3, -0.25) is 4.79 Å². The quantitative estimate of drug-likeness (QED) is 0.452. The molecule has 1 aliphatic heterocycles. The Bertz CT molecular complexity index is 630. The molecule has 2 aromatic rings. The summed E-state index contributed by atoms with van der Waals surface area (Å²) in [6, 6.07) is 12.0. The minimum Gasteiger partial charge on any atom is -1.00 e. The SMILES string of the molecule is O=C(CCCC[n+]1ccccc1)N1CCN(c2ccccn2)CC1.[Br-]. The van der Waals surface area contributed by atoms with Gasteiger partial charge >= 0.3 is 0 Å². The lowest BCUT2D eigenvalue weighted by molar-refractivity contribution is -0.697. The number of aryl methyl sites for hydroxylation is 1. The molecule has 3 rings (SSSR count). The molecule has 6 heteroatoms.